The lowest BCUT2D eigenvalue weighted by Crippen LogP contribution is -2.31. The number of fused-ring (bicyclic) bond motifs is 2. The lowest BCUT2D eigenvalue weighted by molar-refractivity contribution is -0.123. The van der Waals surface area contributed by atoms with Crippen LogP contribution >= 0.6 is 0 Å². The molecular formula is C21H20N2O4. The minimum absolute atomic E-state index is 0.0233. The zero-order valence-electron chi connectivity index (χ0n) is 15.0. The van der Waals surface area contributed by atoms with E-state index in [1.807, 2.05) is 43.3 Å². The number of hydrogen-bond acceptors (Lipinski definition) is 4. The van der Waals surface area contributed by atoms with Crippen molar-refractivity contribution >= 4 is 28.5 Å². The van der Waals surface area contributed by atoms with E-state index in [2.05, 4.69) is 10.6 Å². The minimum atomic E-state index is -0.257. The largest absolute Gasteiger partial charge is 0.484 e. The van der Waals surface area contributed by atoms with Gasteiger partial charge in [-0.3, -0.25) is 9.59 Å². The van der Waals surface area contributed by atoms with Crippen LogP contribution in [0.3, 0.4) is 0 Å². The number of hydrogen-bond donors (Lipinski definition) is 2. The third-order valence-electron chi connectivity index (χ3n) is 4.59. The molecule has 0 spiro atoms. The van der Waals surface area contributed by atoms with E-state index in [1.165, 1.54) is 0 Å². The molecule has 1 aromatic heterocycles. The first kappa shape index (κ1) is 17.1. The molecule has 1 aliphatic rings. The van der Waals surface area contributed by atoms with Gasteiger partial charge in [-0.2, -0.15) is 0 Å². The van der Waals surface area contributed by atoms with Crippen molar-refractivity contribution in [2.45, 2.75) is 25.8 Å². The number of carbonyl (C=O) groups is 2. The Bertz CT molecular complexity index is 975. The molecule has 6 heteroatoms. The molecule has 0 fully saturated rings. The summed E-state index contributed by atoms with van der Waals surface area (Å²) >= 11 is 0. The van der Waals surface area contributed by atoms with Gasteiger partial charge in [-0.1, -0.05) is 18.2 Å². The van der Waals surface area contributed by atoms with E-state index >= 15 is 0 Å². The van der Waals surface area contributed by atoms with Crippen LogP contribution < -0.4 is 15.4 Å². The summed E-state index contributed by atoms with van der Waals surface area (Å²) < 4.78 is 11.4. The first-order chi connectivity index (χ1) is 13.1. The normalized spacial score (nSPS) is 14.3. The van der Waals surface area contributed by atoms with Gasteiger partial charge >= 0.3 is 0 Å². The highest BCUT2D eigenvalue weighted by Crippen LogP contribution is 2.27. The number of para-hydroxylation sites is 1. The number of ether oxygens (including phenoxy) is 1. The van der Waals surface area contributed by atoms with E-state index in [1.54, 1.807) is 12.1 Å². The molecule has 2 aromatic carbocycles. The van der Waals surface area contributed by atoms with E-state index in [4.69, 9.17) is 9.15 Å². The number of amides is 2. The number of furan rings is 1. The maximum Gasteiger partial charge on any atom is 0.258 e. The number of nitrogens with one attached hydrogen (secondary N) is 2. The summed E-state index contributed by atoms with van der Waals surface area (Å²) in [6, 6.07) is 14.8. The average molecular weight is 364 g/mol. The van der Waals surface area contributed by atoms with Crippen LogP contribution in [0.25, 0.3) is 11.0 Å². The number of aryl methyl sites for hydroxylation is 1. The summed E-state index contributed by atoms with van der Waals surface area (Å²) in [6.45, 7) is 1.78. The maximum absolute atomic E-state index is 12.2. The fraction of sp³-hybridized carbons (Fsp3) is 0.238. The monoisotopic (exact) mass is 364 g/mol. The summed E-state index contributed by atoms with van der Waals surface area (Å²) in [4.78, 5) is 23.6. The van der Waals surface area contributed by atoms with Gasteiger partial charge in [-0.25, -0.2) is 0 Å². The van der Waals surface area contributed by atoms with E-state index in [0.717, 1.165) is 22.2 Å². The third kappa shape index (κ3) is 3.79. The molecule has 4 rings (SSSR count). The lowest BCUT2D eigenvalue weighted by atomic mass is 10.0. The molecule has 2 amide bonds. The summed E-state index contributed by atoms with van der Waals surface area (Å²) in [5.74, 6) is 1.11. The standard InChI is InChI=1S/C21H20N2O4/c1-13(19-11-15-4-2-3-5-18(15)27-19)22-21(25)12-26-16-7-8-17-14(10-16)6-9-20(24)23-17/h2-5,7-8,10-11,13H,6,9,12H2,1H3,(H,22,25)(H,23,24). The molecular weight excluding hydrogens is 344 g/mol. The Morgan fingerprint density at radius 1 is 1.22 bits per heavy atom. The average Bonchev–Trinajstić information content (AvgIpc) is 3.11. The Morgan fingerprint density at radius 3 is 2.93 bits per heavy atom. The molecule has 0 saturated heterocycles. The number of anilines is 1. The molecule has 2 N–H and O–H groups in total. The molecule has 2 heterocycles. The zero-order chi connectivity index (χ0) is 18.8. The number of benzene rings is 2. The van der Waals surface area contributed by atoms with Gasteiger partial charge in [0.25, 0.3) is 5.91 Å². The summed E-state index contributed by atoms with van der Waals surface area (Å²) in [6.07, 6.45) is 1.14. The highest BCUT2D eigenvalue weighted by molar-refractivity contribution is 5.94. The predicted molar refractivity (Wildman–Crippen MR) is 102 cm³/mol. The molecule has 0 aliphatic carbocycles. The van der Waals surface area contributed by atoms with Crippen molar-refractivity contribution in [2.75, 3.05) is 11.9 Å². The Kier molecular flexibility index (Phi) is 4.54. The van der Waals surface area contributed by atoms with Gasteiger partial charge in [0.15, 0.2) is 6.61 Å². The molecule has 1 aliphatic heterocycles. The van der Waals surface area contributed by atoms with Crippen molar-refractivity contribution in [3.05, 3.63) is 59.9 Å². The molecule has 3 aromatic rings. The van der Waals surface area contributed by atoms with Crippen LogP contribution in [0, 0.1) is 0 Å². The third-order valence-corrected chi connectivity index (χ3v) is 4.59. The van der Waals surface area contributed by atoms with E-state index in [9.17, 15) is 9.59 Å². The van der Waals surface area contributed by atoms with Crippen molar-refractivity contribution in [3.8, 4) is 5.75 Å². The summed E-state index contributed by atoms with van der Waals surface area (Å²) in [7, 11) is 0. The second-order valence-electron chi connectivity index (χ2n) is 6.63. The van der Waals surface area contributed by atoms with Crippen LogP contribution in [0.4, 0.5) is 5.69 Å². The van der Waals surface area contributed by atoms with E-state index in [-0.39, 0.29) is 24.5 Å². The Balaban J connectivity index is 1.34. The molecule has 1 atom stereocenters. The Morgan fingerprint density at radius 2 is 2.07 bits per heavy atom. The van der Waals surface area contributed by atoms with Gasteiger partial charge in [0.1, 0.15) is 17.1 Å². The highest BCUT2D eigenvalue weighted by atomic mass is 16.5. The van der Waals surface area contributed by atoms with Gasteiger partial charge in [-0.15, -0.1) is 0 Å². The van der Waals surface area contributed by atoms with Crippen molar-refractivity contribution in [2.24, 2.45) is 0 Å². The second-order valence-corrected chi connectivity index (χ2v) is 6.63. The van der Waals surface area contributed by atoms with E-state index in [0.29, 0.717) is 24.4 Å². The van der Waals surface area contributed by atoms with Gasteiger partial charge in [0.05, 0.1) is 6.04 Å². The molecule has 0 bridgehead atoms. The molecule has 6 nitrogen and oxygen atoms in total. The van der Waals surface area contributed by atoms with Crippen molar-refractivity contribution in [1.82, 2.24) is 5.32 Å². The Hall–Kier alpha value is -3.28. The van der Waals surface area contributed by atoms with Crippen LogP contribution in [0.2, 0.25) is 0 Å². The summed E-state index contributed by atoms with van der Waals surface area (Å²) in [5, 5.41) is 6.71. The summed E-state index contributed by atoms with van der Waals surface area (Å²) in [5.41, 5.74) is 2.62. The topological polar surface area (TPSA) is 80.6 Å². The molecule has 138 valence electrons. The molecule has 1 unspecified atom stereocenters. The SMILES string of the molecule is CC(NC(=O)COc1ccc2c(c1)CCC(=O)N2)c1cc2ccccc2o1. The van der Waals surface area contributed by atoms with Crippen LogP contribution in [0.5, 0.6) is 5.75 Å². The number of carbonyl (C=O) groups excluding carboxylic acids is 2. The molecule has 0 saturated carbocycles. The fourth-order valence-electron chi connectivity index (χ4n) is 3.17. The van der Waals surface area contributed by atoms with Crippen molar-refractivity contribution in [3.63, 3.8) is 0 Å². The van der Waals surface area contributed by atoms with Gasteiger partial charge < -0.3 is 19.8 Å². The van der Waals surface area contributed by atoms with Crippen LogP contribution in [-0.2, 0) is 16.0 Å². The van der Waals surface area contributed by atoms with Gasteiger partial charge in [-0.05, 0) is 49.2 Å². The quantitative estimate of drug-likeness (QED) is 0.725. The number of rotatable bonds is 5. The smallest absolute Gasteiger partial charge is 0.258 e. The Labute approximate surface area is 156 Å². The van der Waals surface area contributed by atoms with Gasteiger partial charge in [0.2, 0.25) is 5.91 Å². The maximum atomic E-state index is 12.2. The predicted octanol–water partition coefficient (Wildman–Crippen LogP) is 3.57. The molecule has 27 heavy (non-hydrogen) atoms. The van der Waals surface area contributed by atoms with Crippen molar-refractivity contribution in [1.29, 1.82) is 0 Å². The van der Waals surface area contributed by atoms with E-state index < -0.39 is 0 Å². The highest BCUT2D eigenvalue weighted by Gasteiger charge is 2.17. The minimum Gasteiger partial charge on any atom is -0.484 e. The first-order valence-corrected chi connectivity index (χ1v) is 8.92. The second kappa shape index (κ2) is 7.15. The zero-order valence-corrected chi connectivity index (χ0v) is 15.0. The van der Waals surface area contributed by atoms with Crippen molar-refractivity contribution < 1.29 is 18.7 Å². The van der Waals surface area contributed by atoms with Crippen LogP contribution in [0.15, 0.2) is 52.9 Å². The van der Waals surface area contributed by atoms with Gasteiger partial charge in [0, 0.05) is 17.5 Å². The molecule has 0 radical (unpaired) electrons. The van der Waals surface area contributed by atoms with Crippen LogP contribution in [0.1, 0.15) is 30.7 Å². The lowest BCUT2D eigenvalue weighted by Gasteiger charge is -2.18. The van der Waals surface area contributed by atoms with Crippen LogP contribution in [-0.4, -0.2) is 18.4 Å². The first-order valence-electron chi connectivity index (χ1n) is 8.92. The fourth-order valence-corrected chi connectivity index (χ4v) is 3.17.